The quantitative estimate of drug-likeness (QED) is 0.591. The van der Waals surface area contributed by atoms with E-state index in [2.05, 4.69) is 10.6 Å². The molecule has 0 unspecified atom stereocenters. The Morgan fingerprint density at radius 2 is 1.97 bits per heavy atom. The molecule has 5 rings (SSSR count). The normalized spacial score (nSPS) is 16.6. The van der Waals surface area contributed by atoms with Gasteiger partial charge in [-0.1, -0.05) is 11.6 Å². The van der Waals surface area contributed by atoms with E-state index in [0.717, 1.165) is 17.1 Å². The molecule has 1 aromatic heterocycles. The highest BCUT2D eigenvalue weighted by molar-refractivity contribution is 6.30. The summed E-state index contributed by atoms with van der Waals surface area (Å²) in [6, 6.07) is 13.8. The van der Waals surface area contributed by atoms with Gasteiger partial charge in [0.2, 0.25) is 0 Å². The van der Waals surface area contributed by atoms with Gasteiger partial charge in [-0.3, -0.25) is 4.79 Å². The highest BCUT2D eigenvalue weighted by Crippen LogP contribution is 2.45. The fourth-order valence-electron chi connectivity index (χ4n) is 4.41. The number of ether oxygens (including phenoxy) is 2. The number of amides is 1. The average molecular weight is 427 g/mol. The van der Waals surface area contributed by atoms with Crippen molar-refractivity contribution in [2.24, 2.45) is 0 Å². The number of likely N-dealkylation sites (tertiary alicyclic amines) is 1. The van der Waals surface area contributed by atoms with Crippen molar-refractivity contribution in [3.8, 4) is 17.2 Å². The Bertz CT molecular complexity index is 1140. The van der Waals surface area contributed by atoms with E-state index in [0.29, 0.717) is 36.7 Å². The predicted octanol–water partition coefficient (Wildman–Crippen LogP) is 4.80. The number of hydrogen-bond acceptors (Lipinski definition) is 3. The summed E-state index contributed by atoms with van der Waals surface area (Å²) >= 11 is 6.19. The summed E-state index contributed by atoms with van der Waals surface area (Å²) in [6.07, 6.45) is 3.27. The molecule has 1 amide bonds. The molecule has 0 aliphatic carbocycles. The number of piperidine rings is 1. The van der Waals surface area contributed by atoms with Crippen molar-refractivity contribution in [3.05, 3.63) is 76.8 Å². The Hall–Kier alpha value is -2.99. The highest BCUT2D eigenvalue weighted by Gasteiger charge is 2.44. The number of fused-ring (bicyclic) bond motifs is 4. The molecule has 0 saturated carbocycles. The first-order valence-electron chi connectivity index (χ1n) is 9.80. The standard InChI is InChI=1S/C23H20ClFN2O3/c1-29-18-12-15(11-17(25)14-18)22(28)26-9-6-23(7-10-26)21-3-2-8-27(21)19-5-4-16(24)13-20(19)30-23/h2-5,8,11-14H,6-7,9-10H2,1H3. The number of carbonyl (C=O) groups excluding carboxylic acids is 1. The molecule has 0 radical (unpaired) electrons. The number of benzene rings is 2. The van der Waals surface area contributed by atoms with Gasteiger partial charge < -0.3 is 18.9 Å². The summed E-state index contributed by atoms with van der Waals surface area (Å²) in [4.78, 5) is 14.7. The van der Waals surface area contributed by atoms with Crippen LogP contribution in [-0.2, 0) is 5.60 Å². The minimum Gasteiger partial charge on any atom is -0.497 e. The van der Waals surface area contributed by atoms with Gasteiger partial charge in [-0.15, -0.1) is 0 Å². The van der Waals surface area contributed by atoms with Crippen molar-refractivity contribution in [2.75, 3.05) is 20.2 Å². The summed E-state index contributed by atoms with van der Waals surface area (Å²) in [6.45, 7) is 0.998. The monoisotopic (exact) mass is 426 g/mol. The van der Waals surface area contributed by atoms with E-state index in [9.17, 15) is 9.18 Å². The third-order valence-corrected chi connectivity index (χ3v) is 6.15. The SMILES string of the molecule is COc1cc(F)cc(C(=O)N2CCC3(CC2)Oc2cc(Cl)ccc2-n2cccc23)c1. The Balaban J connectivity index is 1.41. The first kappa shape index (κ1) is 19.0. The maximum atomic E-state index is 13.8. The molecular weight excluding hydrogens is 407 g/mol. The number of hydrogen-bond donors (Lipinski definition) is 0. The molecule has 2 aliphatic heterocycles. The molecule has 0 atom stereocenters. The summed E-state index contributed by atoms with van der Waals surface area (Å²) < 4.78 is 27.6. The molecule has 5 nitrogen and oxygen atoms in total. The van der Waals surface area contributed by atoms with Gasteiger partial charge in [0.05, 0.1) is 18.5 Å². The van der Waals surface area contributed by atoms with E-state index in [-0.39, 0.29) is 11.5 Å². The Morgan fingerprint density at radius 1 is 1.17 bits per heavy atom. The average Bonchev–Trinajstić information content (AvgIpc) is 3.24. The van der Waals surface area contributed by atoms with Gasteiger partial charge in [-0.2, -0.15) is 0 Å². The number of methoxy groups -OCH3 is 1. The summed E-state index contributed by atoms with van der Waals surface area (Å²) in [7, 11) is 1.45. The van der Waals surface area contributed by atoms with Crippen LogP contribution in [0, 0.1) is 5.82 Å². The molecule has 0 N–H and O–H groups in total. The van der Waals surface area contributed by atoms with E-state index in [1.807, 2.05) is 30.5 Å². The molecule has 30 heavy (non-hydrogen) atoms. The minimum absolute atomic E-state index is 0.211. The maximum Gasteiger partial charge on any atom is 0.254 e. The molecular formula is C23H20ClFN2O3. The maximum absolute atomic E-state index is 13.8. The van der Waals surface area contributed by atoms with Crippen molar-refractivity contribution in [1.82, 2.24) is 9.47 Å². The molecule has 2 aliphatic rings. The van der Waals surface area contributed by atoms with Gasteiger partial charge in [0.1, 0.15) is 17.3 Å². The fraction of sp³-hybridized carbons (Fsp3) is 0.261. The fourth-order valence-corrected chi connectivity index (χ4v) is 4.57. The molecule has 3 heterocycles. The van der Waals surface area contributed by atoms with Crippen LogP contribution >= 0.6 is 11.6 Å². The lowest BCUT2D eigenvalue weighted by atomic mass is 9.86. The highest BCUT2D eigenvalue weighted by atomic mass is 35.5. The van der Waals surface area contributed by atoms with Gasteiger partial charge in [-0.05, 0) is 36.4 Å². The summed E-state index contributed by atoms with van der Waals surface area (Å²) in [5, 5.41) is 0.618. The number of nitrogens with zero attached hydrogens (tertiary/aromatic N) is 2. The molecule has 3 aromatic rings. The van der Waals surface area contributed by atoms with Gasteiger partial charge in [0, 0.05) is 54.8 Å². The van der Waals surface area contributed by atoms with Crippen LogP contribution in [0.3, 0.4) is 0 Å². The molecule has 154 valence electrons. The van der Waals surface area contributed by atoms with E-state index >= 15 is 0 Å². The minimum atomic E-state index is -0.530. The predicted molar refractivity (Wildman–Crippen MR) is 111 cm³/mol. The van der Waals surface area contributed by atoms with Crippen molar-refractivity contribution >= 4 is 17.5 Å². The third-order valence-electron chi connectivity index (χ3n) is 5.91. The van der Waals surface area contributed by atoms with E-state index in [4.69, 9.17) is 21.1 Å². The molecule has 2 aromatic carbocycles. The Kier molecular flexibility index (Phi) is 4.47. The van der Waals surface area contributed by atoms with Crippen molar-refractivity contribution in [2.45, 2.75) is 18.4 Å². The van der Waals surface area contributed by atoms with Gasteiger partial charge in [0.15, 0.2) is 5.60 Å². The van der Waals surface area contributed by atoms with E-state index in [1.54, 1.807) is 11.0 Å². The smallest absolute Gasteiger partial charge is 0.254 e. The second-order valence-corrected chi connectivity index (χ2v) is 8.08. The van der Waals surface area contributed by atoms with Crippen molar-refractivity contribution < 1.29 is 18.7 Å². The zero-order valence-corrected chi connectivity index (χ0v) is 17.2. The van der Waals surface area contributed by atoms with Crippen LogP contribution in [0.5, 0.6) is 11.5 Å². The van der Waals surface area contributed by atoms with Crippen LogP contribution < -0.4 is 9.47 Å². The van der Waals surface area contributed by atoms with Crippen LogP contribution in [-0.4, -0.2) is 35.6 Å². The first-order valence-corrected chi connectivity index (χ1v) is 10.2. The van der Waals surface area contributed by atoms with Crippen LogP contribution in [0.4, 0.5) is 4.39 Å². The lowest BCUT2D eigenvalue weighted by molar-refractivity contribution is -0.00932. The molecule has 0 bridgehead atoms. The Morgan fingerprint density at radius 3 is 2.73 bits per heavy atom. The van der Waals surface area contributed by atoms with E-state index < -0.39 is 11.4 Å². The van der Waals surface area contributed by atoms with Crippen LogP contribution in [0.15, 0.2) is 54.7 Å². The topological polar surface area (TPSA) is 43.7 Å². The first-order chi connectivity index (χ1) is 14.5. The number of halogens is 2. The molecule has 1 fully saturated rings. The molecule has 1 spiro atoms. The molecule has 7 heteroatoms. The van der Waals surface area contributed by atoms with E-state index in [1.165, 1.54) is 19.2 Å². The van der Waals surface area contributed by atoms with Crippen molar-refractivity contribution in [1.29, 1.82) is 0 Å². The lowest BCUT2D eigenvalue weighted by Crippen LogP contribution is -2.50. The third kappa shape index (κ3) is 3.03. The number of aromatic nitrogens is 1. The van der Waals surface area contributed by atoms with Gasteiger partial charge >= 0.3 is 0 Å². The Labute approximate surface area is 178 Å². The largest absolute Gasteiger partial charge is 0.497 e. The second kappa shape index (κ2) is 7.06. The van der Waals surface area contributed by atoms with Gasteiger partial charge in [-0.25, -0.2) is 4.39 Å². The lowest BCUT2D eigenvalue weighted by Gasteiger charge is -2.45. The summed E-state index contributed by atoms with van der Waals surface area (Å²) in [5.41, 5.74) is 1.78. The van der Waals surface area contributed by atoms with Crippen LogP contribution in [0.25, 0.3) is 5.69 Å². The van der Waals surface area contributed by atoms with Gasteiger partial charge in [0.25, 0.3) is 5.91 Å². The van der Waals surface area contributed by atoms with Crippen LogP contribution in [0.2, 0.25) is 5.02 Å². The zero-order valence-electron chi connectivity index (χ0n) is 16.4. The number of rotatable bonds is 2. The van der Waals surface area contributed by atoms with Crippen molar-refractivity contribution in [3.63, 3.8) is 0 Å². The summed E-state index contributed by atoms with van der Waals surface area (Å²) in [5.74, 6) is 0.361. The molecule has 1 saturated heterocycles. The van der Waals surface area contributed by atoms with Crippen LogP contribution in [0.1, 0.15) is 28.9 Å². The zero-order chi connectivity index (χ0) is 20.9. The second-order valence-electron chi connectivity index (χ2n) is 7.64. The number of carbonyl (C=O) groups is 1.